The lowest BCUT2D eigenvalue weighted by molar-refractivity contribution is 0.190. The molecule has 0 aromatic heterocycles. The van der Waals surface area contributed by atoms with E-state index in [-0.39, 0.29) is 12.6 Å². The number of hydrogen-bond donors (Lipinski definition) is 2. The molecule has 2 N–H and O–H groups in total. The summed E-state index contributed by atoms with van der Waals surface area (Å²) in [7, 11) is 1.65. The number of nitrogens with zero attached hydrogens (tertiary/aromatic N) is 1. The minimum absolute atomic E-state index is 0.0423. The molecule has 0 atom stereocenters. The van der Waals surface area contributed by atoms with Crippen LogP contribution in [0.4, 0.5) is 4.79 Å². The van der Waals surface area contributed by atoms with E-state index in [0.717, 1.165) is 23.3 Å². The number of aliphatic hydroxyl groups is 1. The van der Waals surface area contributed by atoms with Crippen LogP contribution in [0, 0.1) is 6.92 Å². The normalized spacial score (nSPS) is 10.2. The van der Waals surface area contributed by atoms with Crippen molar-refractivity contribution in [2.75, 3.05) is 26.8 Å². The largest absolute Gasteiger partial charge is 0.493 e. The Bertz CT molecular complexity index is 435. The lowest BCUT2D eigenvalue weighted by Crippen LogP contribution is -2.38. The maximum Gasteiger partial charge on any atom is 0.317 e. The third-order valence-corrected chi connectivity index (χ3v) is 2.90. The van der Waals surface area contributed by atoms with Gasteiger partial charge in [-0.05, 0) is 25.0 Å². The standard InChI is InChI=1S/C15H24N2O3/c1-4-9-20-14-10-12(2)5-6-13(14)11-16-15(19)17(3)7-8-18/h5-6,10,18H,4,7-9,11H2,1-3H3,(H,16,19). The molecule has 112 valence electrons. The zero-order chi connectivity index (χ0) is 15.0. The number of nitrogens with one attached hydrogen (secondary N) is 1. The van der Waals surface area contributed by atoms with Crippen molar-refractivity contribution in [2.24, 2.45) is 0 Å². The van der Waals surface area contributed by atoms with Gasteiger partial charge in [-0.3, -0.25) is 0 Å². The summed E-state index contributed by atoms with van der Waals surface area (Å²) in [5.41, 5.74) is 2.08. The topological polar surface area (TPSA) is 61.8 Å². The monoisotopic (exact) mass is 280 g/mol. The number of carbonyl (C=O) groups excluding carboxylic acids is 1. The number of urea groups is 1. The molecule has 2 amide bonds. The maximum atomic E-state index is 11.8. The number of aryl methyl sites for hydroxylation is 1. The van der Waals surface area contributed by atoms with Crippen molar-refractivity contribution in [1.29, 1.82) is 0 Å². The molecule has 0 radical (unpaired) electrons. The Labute approximate surface area is 120 Å². The van der Waals surface area contributed by atoms with Gasteiger partial charge in [0.05, 0.1) is 13.2 Å². The molecule has 20 heavy (non-hydrogen) atoms. The first kappa shape index (κ1) is 16.3. The van der Waals surface area contributed by atoms with Crippen LogP contribution in [-0.4, -0.2) is 42.8 Å². The summed E-state index contributed by atoms with van der Waals surface area (Å²) in [5.74, 6) is 0.817. The molecule has 0 spiro atoms. The van der Waals surface area contributed by atoms with Crippen molar-refractivity contribution >= 4 is 6.03 Å². The van der Waals surface area contributed by atoms with Gasteiger partial charge in [-0.25, -0.2) is 4.79 Å². The predicted octanol–water partition coefficient (Wildman–Crippen LogP) is 1.92. The van der Waals surface area contributed by atoms with E-state index in [2.05, 4.69) is 12.2 Å². The minimum Gasteiger partial charge on any atom is -0.493 e. The summed E-state index contributed by atoms with van der Waals surface area (Å²) in [6.07, 6.45) is 0.943. The summed E-state index contributed by atoms with van der Waals surface area (Å²) in [6, 6.07) is 5.74. The average Bonchev–Trinajstić information content (AvgIpc) is 2.43. The molecule has 1 aromatic carbocycles. The highest BCUT2D eigenvalue weighted by Crippen LogP contribution is 2.20. The summed E-state index contributed by atoms with van der Waals surface area (Å²) in [5, 5.41) is 11.6. The van der Waals surface area contributed by atoms with Gasteiger partial charge in [-0.1, -0.05) is 19.1 Å². The SMILES string of the molecule is CCCOc1cc(C)ccc1CNC(=O)N(C)CCO. The third-order valence-electron chi connectivity index (χ3n) is 2.90. The van der Waals surface area contributed by atoms with Gasteiger partial charge in [0.2, 0.25) is 0 Å². The van der Waals surface area contributed by atoms with Crippen LogP contribution >= 0.6 is 0 Å². The molecule has 0 saturated carbocycles. The van der Waals surface area contributed by atoms with Gasteiger partial charge in [0.1, 0.15) is 5.75 Å². The number of ether oxygens (including phenoxy) is 1. The first-order chi connectivity index (χ1) is 9.58. The Morgan fingerprint density at radius 3 is 2.85 bits per heavy atom. The summed E-state index contributed by atoms with van der Waals surface area (Å²) in [6.45, 7) is 5.41. The van der Waals surface area contributed by atoms with Gasteiger partial charge in [0, 0.05) is 25.7 Å². The van der Waals surface area contributed by atoms with Gasteiger partial charge in [0.15, 0.2) is 0 Å². The van der Waals surface area contributed by atoms with Crippen LogP contribution in [0.2, 0.25) is 0 Å². The summed E-state index contributed by atoms with van der Waals surface area (Å²) < 4.78 is 5.70. The van der Waals surface area contributed by atoms with E-state index in [4.69, 9.17) is 9.84 Å². The van der Waals surface area contributed by atoms with Crippen LogP contribution < -0.4 is 10.1 Å². The number of carbonyl (C=O) groups is 1. The van der Waals surface area contributed by atoms with Crippen molar-refractivity contribution in [1.82, 2.24) is 10.2 Å². The highest BCUT2D eigenvalue weighted by atomic mass is 16.5. The molecule has 1 rings (SSSR count). The number of aliphatic hydroxyl groups excluding tert-OH is 1. The van der Waals surface area contributed by atoms with E-state index in [1.807, 2.05) is 25.1 Å². The maximum absolute atomic E-state index is 11.8. The van der Waals surface area contributed by atoms with Gasteiger partial charge < -0.3 is 20.1 Å². The molecule has 5 nitrogen and oxygen atoms in total. The lowest BCUT2D eigenvalue weighted by atomic mass is 10.1. The molecule has 0 bridgehead atoms. The zero-order valence-electron chi connectivity index (χ0n) is 12.5. The third kappa shape index (κ3) is 5.09. The number of rotatable bonds is 7. The van der Waals surface area contributed by atoms with Crippen molar-refractivity contribution in [3.8, 4) is 5.75 Å². The first-order valence-electron chi connectivity index (χ1n) is 6.90. The second-order valence-corrected chi connectivity index (χ2v) is 4.76. The number of benzene rings is 1. The van der Waals surface area contributed by atoms with Crippen molar-refractivity contribution in [3.05, 3.63) is 29.3 Å². The smallest absolute Gasteiger partial charge is 0.317 e. The van der Waals surface area contributed by atoms with E-state index in [1.54, 1.807) is 7.05 Å². The van der Waals surface area contributed by atoms with E-state index in [0.29, 0.717) is 19.7 Å². The number of amides is 2. The molecule has 0 saturated heterocycles. The van der Waals surface area contributed by atoms with Crippen LogP contribution in [0.25, 0.3) is 0 Å². The van der Waals surface area contributed by atoms with Crippen molar-refractivity contribution in [3.63, 3.8) is 0 Å². The first-order valence-corrected chi connectivity index (χ1v) is 6.90. The zero-order valence-corrected chi connectivity index (χ0v) is 12.5. The highest BCUT2D eigenvalue weighted by molar-refractivity contribution is 5.73. The predicted molar refractivity (Wildman–Crippen MR) is 78.9 cm³/mol. The van der Waals surface area contributed by atoms with Gasteiger partial charge in [-0.15, -0.1) is 0 Å². The Kier molecular flexibility index (Phi) is 6.87. The fourth-order valence-corrected chi connectivity index (χ4v) is 1.71. The summed E-state index contributed by atoms with van der Waals surface area (Å²) in [4.78, 5) is 13.2. The van der Waals surface area contributed by atoms with Crippen LogP contribution in [0.1, 0.15) is 24.5 Å². The number of likely N-dealkylation sites (N-methyl/N-ethyl adjacent to an activating group) is 1. The van der Waals surface area contributed by atoms with E-state index in [1.165, 1.54) is 4.90 Å². The van der Waals surface area contributed by atoms with Crippen LogP contribution in [0.5, 0.6) is 5.75 Å². The molecule has 5 heteroatoms. The van der Waals surface area contributed by atoms with E-state index < -0.39 is 0 Å². The quantitative estimate of drug-likeness (QED) is 0.802. The molecule has 0 heterocycles. The van der Waals surface area contributed by atoms with Crippen LogP contribution in [0.15, 0.2) is 18.2 Å². The molecule has 1 aromatic rings. The highest BCUT2D eigenvalue weighted by Gasteiger charge is 2.09. The Hall–Kier alpha value is -1.75. The molecular weight excluding hydrogens is 256 g/mol. The fraction of sp³-hybridized carbons (Fsp3) is 0.533. The molecular formula is C15H24N2O3. The van der Waals surface area contributed by atoms with Gasteiger partial charge in [-0.2, -0.15) is 0 Å². The van der Waals surface area contributed by atoms with Crippen molar-refractivity contribution < 1.29 is 14.6 Å². The van der Waals surface area contributed by atoms with Crippen LogP contribution in [-0.2, 0) is 6.54 Å². The Morgan fingerprint density at radius 2 is 2.20 bits per heavy atom. The minimum atomic E-state index is -0.207. The number of hydrogen-bond acceptors (Lipinski definition) is 3. The van der Waals surface area contributed by atoms with E-state index >= 15 is 0 Å². The van der Waals surface area contributed by atoms with Crippen molar-refractivity contribution in [2.45, 2.75) is 26.8 Å². The van der Waals surface area contributed by atoms with Gasteiger partial charge in [0.25, 0.3) is 0 Å². The van der Waals surface area contributed by atoms with Gasteiger partial charge >= 0.3 is 6.03 Å². The Balaban J connectivity index is 2.64. The second-order valence-electron chi connectivity index (χ2n) is 4.76. The average molecular weight is 280 g/mol. The Morgan fingerprint density at radius 1 is 1.45 bits per heavy atom. The molecule has 0 aliphatic rings. The van der Waals surface area contributed by atoms with E-state index in [9.17, 15) is 4.79 Å². The molecule has 0 aliphatic heterocycles. The molecule has 0 fully saturated rings. The summed E-state index contributed by atoms with van der Waals surface area (Å²) >= 11 is 0. The lowest BCUT2D eigenvalue weighted by Gasteiger charge is -2.18. The molecule has 0 unspecified atom stereocenters. The molecule has 0 aliphatic carbocycles. The fourth-order valence-electron chi connectivity index (χ4n) is 1.71. The van der Waals surface area contributed by atoms with Crippen LogP contribution in [0.3, 0.4) is 0 Å². The second kappa shape index (κ2) is 8.43.